The van der Waals surface area contributed by atoms with Crippen LogP contribution in [0.3, 0.4) is 0 Å². The van der Waals surface area contributed by atoms with Crippen molar-refractivity contribution in [1.82, 2.24) is 10.5 Å². The van der Waals surface area contributed by atoms with Crippen LogP contribution in [-0.2, 0) is 11.3 Å². The molecule has 1 aliphatic rings. The van der Waals surface area contributed by atoms with Crippen molar-refractivity contribution in [1.29, 1.82) is 5.26 Å². The van der Waals surface area contributed by atoms with E-state index < -0.39 is 5.54 Å². The first kappa shape index (κ1) is 12.6. The smallest absolute Gasteiger partial charge is 0.274 e. The lowest BCUT2D eigenvalue weighted by atomic mass is 10.00. The zero-order valence-electron chi connectivity index (χ0n) is 10.2. The van der Waals surface area contributed by atoms with E-state index in [2.05, 4.69) is 16.5 Å². The van der Waals surface area contributed by atoms with E-state index in [-0.39, 0.29) is 18.2 Å². The van der Waals surface area contributed by atoms with Gasteiger partial charge >= 0.3 is 0 Å². The number of rotatable bonds is 4. The summed E-state index contributed by atoms with van der Waals surface area (Å²) >= 11 is 0. The van der Waals surface area contributed by atoms with Crippen molar-refractivity contribution in [3.05, 3.63) is 17.5 Å². The lowest BCUT2D eigenvalue weighted by molar-refractivity contribution is 0.0910. The zero-order chi connectivity index (χ0) is 13.0. The minimum absolute atomic E-state index is 0.184. The quantitative estimate of drug-likeness (QED) is 0.871. The van der Waals surface area contributed by atoms with Gasteiger partial charge in [-0.1, -0.05) is 5.16 Å². The molecule has 1 aromatic heterocycles. The third-order valence-electron chi connectivity index (χ3n) is 3.10. The highest BCUT2D eigenvalue weighted by Crippen LogP contribution is 2.29. The zero-order valence-corrected chi connectivity index (χ0v) is 10.2. The predicted molar refractivity (Wildman–Crippen MR) is 61.5 cm³/mol. The molecule has 1 aliphatic carbocycles. The number of hydrogen-bond donors (Lipinski definition) is 1. The van der Waals surface area contributed by atoms with Gasteiger partial charge < -0.3 is 14.6 Å². The van der Waals surface area contributed by atoms with Gasteiger partial charge in [-0.3, -0.25) is 4.79 Å². The largest absolute Gasteiger partial charge is 0.377 e. The summed E-state index contributed by atoms with van der Waals surface area (Å²) in [4.78, 5) is 12.0. The van der Waals surface area contributed by atoms with Gasteiger partial charge in [0, 0.05) is 13.2 Å². The highest BCUT2D eigenvalue weighted by Gasteiger charge is 2.36. The Balaban J connectivity index is 2.04. The molecule has 1 aromatic rings. The molecule has 1 saturated carbocycles. The molecule has 0 atom stereocenters. The molecule has 96 valence electrons. The normalized spacial score (nSPS) is 17.3. The van der Waals surface area contributed by atoms with Crippen molar-refractivity contribution in [3.63, 3.8) is 0 Å². The van der Waals surface area contributed by atoms with E-state index in [1.165, 1.54) is 13.2 Å². The number of aromatic nitrogens is 1. The molecular weight excluding hydrogens is 234 g/mol. The fraction of sp³-hybridized carbons (Fsp3) is 0.583. The van der Waals surface area contributed by atoms with Crippen LogP contribution in [0.2, 0.25) is 0 Å². The van der Waals surface area contributed by atoms with Crippen LogP contribution < -0.4 is 5.32 Å². The third kappa shape index (κ3) is 2.51. The molecule has 0 bridgehead atoms. The molecule has 0 aliphatic heterocycles. The first-order chi connectivity index (χ1) is 8.69. The van der Waals surface area contributed by atoms with E-state index in [1.54, 1.807) is 0 Å². The standard InChI is InChI=1S/C12H15N3O3/c1-17-7-9-6-10(15-18-9)11(16)14-12(8-13)4-2-3-5-12/h6H,2-5,7H2,1H3,(H,14,16). The van der Waals surface area contributed by atoms with Gasteiger partial charge in [-0.15, -0.1) is 0 Å². The molecule has 0 radical (unpaired) electrons. The summed E-state index contributed by atoms with van der Waals surface area (Å²) in [5, 5.41) is 15.6. The summed E-state index contributed by atoms with van der Waals surface area (Å²) in [6, 6.07) is 3.72. The molecule has 6 nitrogen and oxygen atoms in total. The average Bonchev–Trinajstić information content (AvgIpc) is 2.99. The van der Waals surface area contributed by atoms with Crippen LogP contribution in [0.25, 0.3) is 0 Å². The minimum Gasteiger partial charge on any atom is -0.377 e. The molecule has 0 spiro atoms. The number of methoxy groups -OCH3 is 1. The third-order valence-corrected chi connectivity index (χ3v) is 3.10. The number of nitrogens with one attached hydrogen (secondary N) is 1. The van der Waals surface area contributed by atoms with Crippen molar-refractivity contribution in [2.24, 2.45) is 0 Å². The van der Waals surface area contributed by atoms with E-state index in [4.69, 9.17) is 9.26 Å². The number of ether oxygens (including phenoxy) is 1. The van der Waals surface area contributed by atoms with Gasteiger partial charge in [-0.05, 0) is 25.7 Å². The van der Waals surface area contributed by atoms with Gasteiger partial charge in [0.25, 0.3) is 5.91 Å². The Morgan fingerprint density at radius 2 is 2.39 bits per heavy atom. The molecule has 0 aromatic carbocycles. The molecule has 18 heavy (non-hydrogen) atoms. The van der Waals surface area contributed by atoms with E-state index in [0.29, 0.717) is 18.6 Å². The molecule has 1 heterocycles. The lowest BCUT2D eigenvalue weighted by Crippen LogP contribution is -2.45. The Morgan fingerprint density at radius 1 is 1.67 bits per heavy atom. The minimum atomic E-state index is -0.739. The van der Waals surface area contributed by atoms with Gasteiger partial charge in [-0.25, -0.2) is 0 Å². The summed E-state index contributed by atoms with van der Waals surface area (Å²) in [7, 11) is 1.53. The fourth-order valence-electron chi connectivity index (χ4n) is 2.15. The van der Waals surface area contributed by atoms with Crippen molar-refractivity contribution in [2.45, 2.75) is 37.8 Å². The van der Waals surface area contributed by atoms with E-state index in [1.807, 2.05) is 0 Å². The second-order valence-electron chi connectivity index (χ2n) is 4.47. The molecule has 1 fully saturated rings. The van der Waals surface area contributed by atoms with Crippen molar-refractivity contribution in [3.8, 4) is 6.07 Å². The van der Waals surface area contributed by atoms with Crippen molar-refractivity contribution >= 4 is 5.91 Å². The molecule has 6 heteroatoms. The molecule has 1 N–H and O–H groups in total. The maximum absolute atomic E-state index is 12.0. The fourth-order valence-corrected chi connectivity index (χ4v) is 2.15. The van der Waals surface area contributed by atoms with Gasteiger partial charge in [0.15, 0.2) is 11.5 Å². The molecule has 0 saturated heterocycles. The monoisotopic (exact) mass is 249 g/mol. The van der Waals surface area contributed by atoms with Crippen LogP contribution in [0.1, 0.15) is 41.9 Å². The lowest BCUT2D eigenvalue weighted by Gasteiger charge is -2.20. The SMILES string of the molecule is COCc1cc(C(=O)NC2(C#N)CCCC2)no1. The summed E-state index contributed by atoms with van der Waals surface area (Å²) in [5.41, 5.74) is -0.555. The second kappa shape index (κ2) is 5.19. The predicted octanol–water partition coefficient (Wildman–Crippen LogP) is 1.39. The summed E-state index contributed by atoms with van der Waals surface area (Å²) in [5.74, 6) is 0.115. The summed E-state index contributed by atoms with van der Waals surface area (Å²) in [6.07, 6.45) is 3.30. The maximum atomic E-state index is 12.0. The maximum Gasteiger partial charge on any atom is 0.274 e. The Morgan fingerprint density at radius 3 is 3.00 bits per heavy atom. The molecular formula is C12H15N3O3. The van der Waals surface area contributed by atoms with E-state index in [0.717, 1.165) is 12.8 Å². The molecule has 0 unspecified atom stereocenters. The van der Waals surface area contributed by atoms with Crippen LogP contribution in [0.5, 0.6) is 0 Å². The number of nitriles is 1. The summed E-state index contributed by atoms with van der Waals surface area (Å²) < 4.78 is 9.82. The van der Waals surface area contributed by atoms with E-state index >= 15 is 0 Å². The Bertz CT molecular complexity index is 469. The van der Waals surface area contributed by atoms with Crippen LogP contribution >= 0.6 is 0 Å². The number of hydrogen-bond acceptors (Lipinski definition) is 5. The Labute approximate surface area is 105 Å². The number of amides is 1. The van der Waals surface area contributed by atoms with Crippen LogP contribution in [0.15, 0.2) is 10.6 Å². The topological polar surface area (TPSA) is 88.1 Å². The van der Waals surface area contributed by atoms with Gasteiger partial charge in [-0.2, -0.15) is 5.26 Å². The van der Waals surface area contributed by atoms with Gasteiger partial charge in [0.1, 0.15) is 12.1 Å². The average molecular weight is 249 g/mol. The second-order valence-corrected chi connectivity index (χ2v) is 4.47. The van der Waals surface area contributed by atoms with Crippen LogP contribution in [0.4, 0.5) is 0 Å². The van der Waals surface area contributed by atoms with Crippen molar-refractivity contribution < 1.29 is 14.1 Å². The first-order valence-electron chi connectivity index (χ1n) is 5.87. The van der Waals surface area contributed by atoms with E-state index in [9.17, 15) is 10.1 Å². The first-order valence-corrected chi connectivity index (χ1v) is 5.87. The summed E-state index contributed by atoms with van der Waals surface area (Å²) in [6.45, 7) is 0.268. The number of carbonyl (C=O) groups is 1. The highest BCUT2D eigenvalue weighted by atomic mass is 16.5. The van der Waals surface area contributed by atoms with Crippen molar-refractivity contribution in [2.75, 3.05) is 7.11 Å². The number of carbonyl (C=O) groups excluding carboxylic acids is 1. The van der Waals surface area contributed by atoms with Gasteiger partial charge in [0.05, 0.1) is 6.07 Å². The Hall–Kier alpha value is -1.87. The van der Waals surface area contributed by atoms with Crippen LogP contribution in [0, 0.1) is 11.3 Å². The Kier molecular flexibility index (Phi) is 3.63. The highest BCUT2D eigenvalue weighted by molar-refractivity contribution is 5.93. The number of nitrogens with zero attached hydrogens (tertiary/aromatic N) is 2. The molecule has 1 amide bonds. The van der Waals surface area contributed by atoms with Crippen LogP contribution in [-0.4, -0.2) is 23.7 Å². The van der Waals surface area contributed by atoms with Gasteiger partial charge in [0.2, 0.25) is 0 Å². The molecule has 2 rings (SSSR count).